The van der Waals surface area contributed by atoms with Crippen LogP contribution in [0.4, 0.5) is 11.5 Å². The molecule has 0 atom stereocenters. The van der Waals surface area contributed by atoms with Gasteiger partial charge in [0.2, 0.25) is 0 Å². The standard InChI is InChI=1S/C25H29N7O3S/c1-17-10-11-18(14-21(17)35-5)23-22-24(26)27-16-28-25(22)32(29-23)20-9-6-8-19(15-20)31(4)36(33,34)13-7-12-30(2)3/h6-11,13-16H,12H2,1-5H3,(H2,26,27,28). The molecule has 0 bridgehead atoms. The van der Waals surface area contributed by atoms with Gasteiger partial charge < -0.3 is 15.4 Å². The molecule has 4 rings (SSSR count). The molecule has 2 heterocycles. The van der Waals surface area contributed by atoms with Crippen LogP contribution in [0.2, 0.25) is 0 Å². The summed E-state index contributed by atoms with van der Waals surface area (Å²) in [6.07, 6.45) is 2.99. The molecule has 36 heavy (non-hydrogen) atoms. The summed E-state index contributed by atoms with van der Waals surface area (Å²) >= 11 is 0. The predicted molar refractivity (Wildman–Crippen MR) is 143 cm³/mol. The van der Waals surface area contributed by atoms with E-state index in [9.17, 15) is 8.42 Å². The zero-order valence-corrected chi connectivity index (χ0v) is 21.7. The lowest BCUT2D eigenvalue weighted by atomic mass is 10.1. The molecule has 2 N–H and O–H groups in total. The minimum atomic E-state index is -3.67. The number of nitrogens with two attached hydrogens (primary N) is 1. The van der Waals surface area contributed by atoms with E-state index in [0.29, 0.717) is 40.5 Å². The van der Waals surface area contributed by atoms with Gasteiger partial charge in [-0.05, 0) is 50.8 Å². The van der Waals surface area contributed by atoms with Crippen molar-refractivity contribution in [1.29, 1.82) is 0 Å². The Hall–Kier alpha value is -3.96. The number of nitrogen functional groups attached to an aromatic ring is 1. The molecule has 0 unspecified atom stereocenters. The molecule has 0 aliphatic heterocycles. The van der Waals surface area contributed by atoms with Crippen LogP contribution in [0.1, 0.15) is 5.56 Å². The molecule has 0 amide bonds. The minimum Gasteiger partial charge on any atom is -0.496 e. The lowest BCUT2D eigenvalue weighted by molar-refractivity contribution is 0.412. The van der Waals surface area contributed by atoms with Crippen molar-refractivity contribution in [3.05, 3.63) is 65.8 Å². The Bertz CT molecular complexity index is 1540. The molecule has 0 fully saturated rings. The van der Waals surface area contributed by atoms with Gasteiger partial charge in [-0.1, -0.05) is 24.3 Å². The van der Waals surface area contributed by atoms with E-state index in [4.69, 9.17) is 15.6 Å². The molecule has 0 saturated heterocycles. The normalized spacial score (nSPS) is 12.1. The van der Waals surface area contributed by atoms with Gasteiger partial charge in [-0.15, -0.1) is 0 Å². The van der Waals surface area contributed by atoms with E-state index < -0.39 is 10.0 Å². The smallest absolute Gasteiger partial charge is 0.256 e. The van der Waals surface area contributed by atoms with E-state index in [-0.39, 0.29) is 0 Å². The second-order valence-corrected chi connectivity index (χ2v) is 10.4. The van der Waals surface area contributed by atoms with Gasteiger partial charge in [0.25, 0.3) is 10.0 Å². The molecule has 4 aromatic rings. The highest BCUT2D eigenvalue weighted by Crippen LogP contribution is 2.34. The third-order valence-corrected chi connectivity index (χ3v) is 7.24. The van der Waals surface area contributed by atoms with E-state index >= 15 is 0 Å². The first-order chi connectivity index (χ1) is 17.1. The van der Waals surface area contributed by atoms with Crippen molar-refractivity contribution in [2.24, 2.45) is 0 Å². The van der Waals surface area contributed by atoms with Gasteiger partial charge in [0.15, 0.2) is 5.65 Å². The molecule has 2 aromatic heterocycles. The Morgan fingerprint density at radius 2 is 1.89 bits per heavy atom. The Morgan fingerprint density at radius 3 is 2.61 bits per heavy atom. The van der Waals surface area contributed by atoms with Crippen molar-refractivity contribution in [3.63, 3.8) is 0 Å². The van der Waals surface area contributed by atoms with Crippen molar-refractivity contribution in [2.45, 2.75) is 6.92 Å². The molecule has 0 aliphatic carbocycles. The molecular weight excluding hydrogens is 478 g/mol. The third-order valence-electron chi connectivity index (χ3n) is 5.73. The number of nitrogens with zero attached hydrogens (tertiary/aromatic N) is 6. The Morgan fingerprint density at radius 1 is 1.11 bits per heavy atom. The largest absolute Gasteiger partial charge is 0.496 e. The third kappa shape index (κ3) is 4.88. The van der Waals surface area contributed by atoms with Crippen molar-refractivity contribution < 1.29 is 13.2 Å². The summed E-state index contributed by atoms with van der Waals surface area (Å²) in [6.45, 7) is 2.47. The van der Waals surface area contributed by atoms with Gasteiger partial charge in [-0.3, -0.25) is 4.31 Å². The summed E-state index contributed by atoms with van der Waals surface area (Å²) < 4.78 is 34.0. The summed E-state index contributed by atoms with van der Waals surface area (Å²) in [4.78, 5) is 10.5. The van der Waals surface area contributed by atoms with E-state index in [0.717, 1.165) is 16.9 Å². The molecule has 0 radical (unpaired) electrons. The quantitative estimate of drug-likeness (QED) is 0.386. The first-order valence-electron chi connectivity index (χ1n) is 11.2. The molecule has 11 heteroatoms. The number of anilines is 2. The van der Waals surface area contributed by atoms with Gasteiger partial charge in [-0.2, -0.15) is 5.10 Å². The number of methoxy groups -OCH3 is 1. The van der Waals surface area contributed by atoms with E-state index in [1.165, 1.54) is 23.1 Å². The average Bonchev–Trinajstić information content (AvgIpc) is 3.24. The van der Waals surface area contributed by atoms with Gasteiger partial charge in [0.1, 0.15) is 23.6 Å². The Labute approximate surface area is 210 Å². The lowest BCUT2D eigenvalue weighted by Gasteiger charge is -2.18. The maximum Gasteiger partial charge on any atom is 0.256 e. The summed E-state index contributed by atoms with van der Waals surface area (Å²) in [6, 6.07) is 12.8. The van der Waals surface area contributed by atoms with E-state index in [1.54, 1.807) is 36.1 Å². The van der Waals surface area contributed by atoms with Crippen molar-refractivity contribution in [3.8, 4) is 22.7 Å². The maximum atomic E-state index is 12.8. The zero-order chi connectivity index (χ0) is 26.0. The van der Waals surface area contributed by atoms with Gasteiger partial charge in [0, 0.05) is 24.6 Å². The molecule has 2 aromatic carbocycles. The zero-order valence-electron chi connectivity index (χ0n) is 20.9. The number of sulfonamides is 1. The number of ether oxygens (including phenoxy) is 1. The van der Waals surface area contributed by atoms with Crippen LogP contribution in [0.3, 0.4) is 0 Å². The topological polar surface area (TPSA) is 119 Å². The van der Waals surface area contributed by atoms with E-state index in [1.807, 2.05) is 50.2 Å². The van der Waals surface area contributed by atoms with Gasteiger partial charge >= 0.3 is 0 Å². The number of hydrogen-bond donors (Lipinski definition) is 1. The Kier molecular flexibility index (Phi) is 6.95. The maximum absolute atomic E-state index is 12.8. The summed E-state index contributed by atoms with van der Waals surface area (Å²) in [5.74, 6) is 1.02. The van der Waals surface area contributed by atoms with Crippen LogP contribution >= 0.6 is 0 Å². The van der Waals surface area contributed by atoms with E-state index in [2.05, 4.69) is 9.97 Å². The number of aryl methyl sites for hydroxylation is 1. The van der Waals surface area contributed by atoms with Crippen LogP contribution in [0, 0.1) is 6.92 Å². The first kappa shape index (κ1) is 25.1. The SMILES string of the molecule is COc1cc(-c2nn(-c3cccc(N(C)S(=O)(=O)C=CCN(C)C)c3)c3ncnc(N)c23)ccc1C. The number of likely N-dealkylation sites (N-methyl/N-ethyl adjacent to an activating group) is 1. The van der Waals surface area contributed by atoms with Gasteiger partial charge in [-0.25, -0.2) is 23.1 Å². The fourth-order valence-corrected chi connectivity index (χ4v) is 4.68. The number of fused-ring (bicyclic) bond motifs is 1. The van der Waals surface area contributed by atoms with Crippen LogP contribution in [0.25, 0.3) is 28.0 Å². The average molecular weight is 508 g/mol. The van der Waals surface area contributed by atoms with Crippen LogP contribution in [-0.2, 0) is 10.0 Å². The fourth-order valence-electron chi connectivity index (χ4n) is 3.76. The van der Waals surface area contributed by atoms with Crippen LogP contribution in [0.15, 0.2) is 60.3 Å². The molecule has 0 aliphatic rings. The molecule has 10 nitrogen and oxygen atoms in total. The summed E-state index contributed by atoms with van der Waals surface area (Å²) in [5, 5.41) is 6.63. The fraction of sp³-hybridized carbons (Fsp3) is 0.240. The molecule has 0 spiro atoms. The molecule has 0 saturated carbocycles. The predicted octanol–water partition coefficient (Wildman–Crippen LogP) is 3.22. The van der Waals surface area contributed by atoms with Crippen LogP contribution in [0.5, 0.6) is 5.75 Å². The highest BCUT2D eigenvalue weighted by Gasteiger charge is 2.20. The summed E-state index contributed by atoms with van der Waals surface area (Å²) in [5.41, 5.74) is 10.2. The van der Waals surface area contributed by atoms with Crippen molar-refractivity contribution in [2.75, 3.05) is 44.8 Å². The number of hydrogen-bond acceptors (Lipinski definition) is 8. The Balaban J connectivity index is 1.81. The van der Waals surface area contributed by atoms with Crippen LogP contribution < -0.4 is 14.8 Å². The lowest BCUT2D eigenvalue weighted by Crippen LogP contribution is -2.24. The van der Waals surface area contributed by atoms with Crippen LogP contribution in [-0.4, -0.2) is 67.9 Å². The molecular formula is C25H29N7O3S. The highest BCUT2D eigenvalue weighted by atomic mass is 32.2. The number of aromatic nitrogens is 4. The first-order valence-corrected chi connectivity index (χ1v) is 12.7. The molecule has 188 valence electrons. The summed E-state index contributed by atoms with van der Waals surface area (Å²) in [7, 11) is 3.20. The van der Waals surface area contributed by atoms with Crippen molar-refractivity contribution in [1.82, 2.24) is 24.6 Å². The monoisotopic (exact) mass is 507 g/mol. The second kappa shape index (κ2) is 9.96. The van der Waals surface area contributed by atoms with Gasteiger partial charge in [0.05, 0.1) is 23.9 Å². The highest BCUT2D eigenvalue weighted by molar-refractivity contribution is 7.95. The number of rotatable bonds is 8. The minimum absolute atomic E-state index is 0.294. The van der Waals surface area contributed by atoms with Crippen molar-refractivity contribution >= 4 is 32.6 Å². The second-order valence-electron chi connectivity index (χ2n) is 8.57. The number of benzene rings is 2.